The van der Waals surface area contributed by atoms with Crippen LogP contribution >= 0.6 is 22.9 Å². The molecule has 8 rings (SSSR count). The molecule has 2 aromatic carbocycles. The standard InChI is InChI=1S/C33H30ClF3N6O2S/c34-22-11-20-27(26(37)25(22)19-3-4-23(36)28-24(19)21(14-38)29(39)46-28)40-31(41-30(20)42-8-2-6-33(16-42)7-10-45-33)44-17-32-5-1-9-43(32)15-18(12-32)13-35/h3-4,11,13H,1-2,5-10,12,15-17,39H2/b18-13-. The Morgan fingerprint density at radius 2 is 2.02 bits per heavy atom. The number of nitrogens with two attached hydrogens (primary N) is 1. The average molecular weight is 667 g/mol. The lowest BCUT2D eigenvalue weighted by Crippen LogP contribution is -2.56. The van der Waals surface area contributed by atoms with E-state index >= 15 is 4.39 Å². The summed E-state index contributed by atoms with van der Waals surface area (Å²) in [7, 11) is 0. The molecule has 1 spiro atoms. The van der Waals surface area contributed by atoms with E-state index in [0.717, 1.165) is 55.6 Å². The van der Waals surface area contributed by atoms with Gasteiger partial charge in [-0.05, 0) is 61.9 Å². The van der Waals surface area contributed by atoms with Crippen LogP contribution in [0, 0.1) is 23.0 Å². The molecule has 2 aromatic heterocycles. The molecule has 4 aromatic rings. The summed E-state index contributed by atoms with van der Waals surface area (Å²) in [6.45, 7) is 3.59. The summed E-state index contributed by atoms with van der Waals surface area (Å²) in [6.07, 6.45) is 5.80. The zero-order valence-electron chi connectivity index (χ0n) is 24.8. The highest BCUT2D eigenvalue weighted by molar-refractivity contribution is 7.23. The Hall–Kier alpha value is -3.63. The number of rotatable bonds is 5. The third-order valence-electron chi connectivity index (χ3n) is 10.2. The molecule has 0 aliphatic carbocycles. The van der Waals surface area contributed by atoms with Gasteiger partial charge in [0.1, 0.15) is 34.8 Å². The van der Waals surface area contributed by atoms with Crippen molar-refractivity contribution in [3.63, 3.8) is 0 Å². The minimum absolute atomic E-state index is 0.00414. The number of nitrogen functional groups attached to an aromatic ring is 1. The van der Waals surface area contributed by atoms with Gasteiger partial charge in [-0.2, -0.15) is 15.2 Å². The van der Waals surface area contributed by atoms with Gasteiger partial charge < -0.3 is 20.1 Å². The Morgan fingerprint density at radius 3 is 2.78 bits per heavy atom. The topological polar surface area (TPSA) is 101 Å². The van der Waals surface area contributed by atoms with Gasteiger partial charge in [-0.1, -0.05) is 17.7 Å². The van der Waals surface area contributed by atoms with E-state index in [-0.39, 0.29) is 66.1 Å². The molecule has 6 heterocycles. The molecule has 2 N–H and O–H groups in total. The average Bonchev–Trinajstić information content (AvgIpc) is 3.70. The molecule has 4 fully saturated rings. The molecule has 46 heavy (non-hydrogen) atoms. The summed E-state index contributed by atoms with van der Waals surface area (Å²) in [4.78, 5) is 13.7. The molecule has 2 atom stereocenters. The van der Waals surface area contributed by atoms with Gasteiger partial charge in [0, 0.05) is 42.4 Å². The molecule has 8 nitrogen and oxygen atoms in total. The number of nitrogens with zero attached hydrogens (tertiary/aromatic N) is 5. The van der Waals surface area contributed by atoms with Crippen LogP contribution in [0.15, 0.2) is 30.1 Å². The van der Waals surface area contributed by atoms with E-state index in [1.54, 1.807) is 6.07 Å². The van der Waals surface area contributed by atoms with Crippen LogP contribution < -0.4 is 15.4 Å². The third kappa shape index (κ3) is 4.54. The van der Waals surface area contributed by atoms with Crippen LogP contribution in [0.25, 0.3) is 32.1 Å². The van der Waals surface area contributed by atoms with E-state index in [1.165, 1.54) is 12.1 Å². The molecule has 0 amide bonds. The van der Waals surface area contributed by atoms with Crippen LogP contribution in [0.1, 0.15) is 44.1 Å². The van der Waals surface area contributed by atoms with Crippen molar-refractivity contribution in [1.82, 2.24) is 14.9 Å². The first-order valence-corrected chi connectivity index (χ1v) is 16.6. The first-order chi connectivity index (χ1) is 22.2. The summed E-state index contributed by atoms with van der Waals surface area (Å²) >= 11 is 7.78. The van der Waals surface area contributed by atoms with Crippen molar-refractivity contribution in [3.8, 4) is 23.2 Å². The van der Waals surface area contributed by atoms with E-state index in [9.17, 15) is 14.0 Å². The largest absolute Gasteiger partial charge is 0.461 e. The number of halogens is 4. The van der Waals surface area contributed by atoms with Crippen LogP contribution in [0.2, 0.25) is 5.02 Å². The number of benzene rings is 2. The van der Waals surface area contributed by atoms with Crippen molar-refractivity contribution in [2.24, 2.45) is 0 Å². The predicted octanol–water partition coefficient (Wildman–Crippen LogP) is 7.13. The van der Waals surface area contributed by atoms with Gasteiger partial charge in [-0.15, -0.1) is 11.3 Å². The minimum Gasteiger partial charge on any atom is -0.461 e. The Bertz CT molecular complexity index is 1990. The number of nitriles is 1. The Labute approximate surface area is 272 Å². The van der Waals surface area contributed by atoms with Crippen LogP contribution in [-0.4, -0.2) is 65.4 Å². The maximum absolute atomic E-state index is 17.0. The maximum atomic E-state index is 17.0. The zero-order valence-corrected chi connectivity index (χ0v) is 26.4. The lowest BCUT2D eigenvalue weighted by molar-refractivity contribution is -0.151. The number of aromatic nitrogens is 2. The number of anilines is 2. The van der Waals surface area contributed by atoms with Gasteiger partial charge in [0.25, 0.3) is 0 Å². The van der Waals surface area contributed by atoms with Gasteiger partial charge in [0.05, 0.1) is 39.4 Å². The van der Waals surface area contributed by atoms with Gasteiger partial charge in [0.2, 0.25) is 0 Å². The molecule has 4 aliphatic rings. The molecule has 13 heteroatoms. The first kappa shape index (κ1) is 29.8. The van der Waals surface area contributed by atoms with Crippen molar-refractivity contribution >= 4 is 54.7 Å². The summed E-state index contributed by atoms with van der Waals surface area (Å²) in [5.74, 6) is -0.821. The minimum atomic E-state index is -0.742. The SMILES string of the molecule is N#Cc1c(N)sc2c(F)ccc(-c3c(Cl)cc4c(N5CCCC6(CCO6)C5)nc(OCC56CCCN5C/C(=C\F)C6)nc4c3F)c12. The number of hydrogen-bond donors (Lipinski definition) is 1. The Morgan fingerprint density at radius 1 is 1.20 bits per heavy atom. The first-order valence-electron chi connectivity index (χ1n) is 15.4. The van der Waals surface area contributed by atoms with Gasteiger partial charge in [-0.3, -0.25) is 4.90 Å². The fourth-order valence-electron chi connectivity index (χ4n) is 7.86. The summed E-state index contributed by atoms with van der Waals surface area (Å²) in [6, 6.07) is 6.29. The highest BCUT2D eigenvalue weighted by Crippen LogP contribution is 2.47. The molecule has 0 saturated carbocycles. The second-order valence-corrected chi connectivity index (χ2v) is 14.3. The number of fused-ring (bicyclic) bond motifs is 3. The highest BCUT2D eigenvalue weighted by atomic mass is 35.5. The molecular formula is C33H30ClF3N6O2S. The number of ether oxygens (including phenoxy) is 2. The molecule has 0 radical (unpaired) electrons. The third-order valence-corrected chi connectivity index (χ3v) is 11.5. The van der Waals surface area contributed by atoms with Crippen LogP contribution in [0.5, 0.6) is 6.01 Å². The lowest BCUT2D eigenvalue weighted by Gasteiger charge is -2.48. The van der Waals surface area contributed by atoms with Crippen LogP contribution in [0.4, 0.5) is 24.0 Å². The van der Waals surface area contributed by atoms with E-state index < -0.39 is 11.6 Å². The Kier molecular flexibility index (Phi) is 7.10. The molecule has 4 aliphatic heterocycles. The summed E-state index contributed by atoms with van der Waals surface area (Å²) in [5.41, 5.74) is 6.43. The van der Waals surface area contributed by atoms with E-state index in [0.29, 0.717) is 50.2 Å². The van der Waals surface area contributed by atoms with Crippen molar-refractivity contribution in [2.45, 2.75) is 49.7 Å². The number of thiophene rings is 1. The fraction of sp³-hybridized carbons (Fsp3) is 0.424. The van der Waals surface area contributed by atoms with E-state index in [1.807, 2.05) is 6.07 Å². The van der Waals surface area contributed by atoms with Crippen molar-refractivity contribution in [2.75, 3.05) is 50.0 Å². The molecule has 2 unspecified atom stereocenters. The Balaban J connectivity index is 1.28. The van der Waals surface area contributed by atoms with E-state index in [4.69, 9.17) is 31.8 Å². The number of hydrogen-bond acceptors (Lipinski definition) is 9. The zero-order chi connectivity index (χ0) is 31.8. The monoisotopic (exact) mass is 666 g/mol. The van der Waals surface area contributed by atoms with Crippen molar-refractivity contribution < 1.29 is 22.6 Å². The van der Waals surface area contributed by atoms with Gasteiger partial charge in [0.15, 0.2) is 5.82 Å². The maximum Gasteiger partial charge on any atom is 0.319 e. The summed E-state index contributed by atoms with van der Waals surface area (Å²) in [5, 5.41) is 10.7. The van der Waals surface area contributed by atoms with E-state index in [2.05, 4.69) is 14.8 Å². The highest BCUT2D eigenvalue weighted by Gasteiger charge is 2.47. The fourth-order valence-corrected chi connectivity index (χ4v) is 9.11. The predicted molar refractivity (Wildman–Crippen MR) is 172 cm³/mol. The smallest absolute Gasteiger partial charge is 0.319 e. The van der Waals surface area contributed by atoms with Crippen molar-refractivity contribution in [3.05, 3.63) is 52.3 Å². The lowest BCUT2D eigenvalue weighted by atomic mass is 9.86. The second-order valence-electron chi connectivity index (χ2n) is 12.8. The molecular weight excluding hydrogens is 637 g/mol. The van der Waals surface area contributed by atoms with Crippen LogP contribution in [-0.2, 0) is 4.74 Å². The van der Waals surface area contributed by atoms with Crippen LogP contribution in [0.3, 0.4) is 0 Å². The van der Waals surface area contributed by atoms with Crippen molar-refractivity contribution in [1.29, 1.82) is 5.26 Å². The quantitative estimate of drug-likeness (QED) is 0.240. The second kappa shape index (κ2) is 11.0. The molecule has 0 bridgehead atoms. The molecule has 238 valence electrons. The number of piperidine rings is 1. The molecule has 4 saturated heterocycles. The summed E-state index contributed by atoms with van der Waals surface area (Å²) < 4.78 is 57.8. The van der Waals surface area contributed by atoms with Gasteiger partial charge in [-0.25, -0.2) is 13.2 Å². The van der Waals surface area contributed by atoms with Gasteiger partial charge >= 0.3 is 6.01 Å². The normalized spacial score (nSPS) is 25.5.